The van der Waals surface area contributed by atoms with Crippen LogP contribution < -0.4 is 0 Å². The van der Waals surface area contributed by atoms with E-state index in [4.69, 9.17) is 0 Å². The van der Waals surface area contributed by atoms with Gasteiger partial charge in [0.25, 0.3) is 0 Å². The standard InChI is InChI=1S/C10H26Si2Te/c1-7-11(5,8-2)13-12(6,9-3)10-4/h7-10H2,1-6H3. The van der Waals surface area contributed by atoms with Gasteiger partial charge < -0.3 is 0 Å². The molecule has 0 fully saturated rings. The van der Waals surface area contributed by atoms with Gasteiger partial charge in [0.1, 0.15) is 0 Å². The first-order valence-electron chi connectivity index (χ1n) is 5.65. The molecule has 0 radical (unpaired) electrons. The van der Waals surface area contributed by atoms with Gasteiger partial charge in [-0.05, 0) is 0 Å². The van der Waals surface area contributed by atoms with Crippen molar-refractivity contribution >= 4 is 30.6 Å². The maximum atomic E-state index is 2.67. The summed E-state index contributed by atoms with van der Waals surface area (Å²) < 4.78 is 0. The van der Waals surface area contributed by atoms with Crippen LogP contribution in [0.15, 0.2) is 0 Å². The van der Waals surface area contributed by atoms with Crippen LogP contribution in [0.2, 0.25) is 37.3 Å². The Hall–Kier alpha value is 1.22. The Kier molecular flexibility index (Phi) is 6.51. The van der Waals surface area contributed by atoms with E-state index in [-0.39, 0.29) is 0 Å². The fourth-order valence-corrected chi connectivity index (χ4v) is 54.8. The molecule has 0 aromatic carbocycles. The van der Waals surface area contributed by atoms with Crippen LogP contribution in [0, 0.1) is 0 Å². The molecule has 0 saturated carbocycles. The molecule has 0 heterocycles. The van der Waals surface area contributed by atoms with E-state index in [0.29, 0.717) is 19.3 Å². The third kappa shape index (κ3) is 4.51. The van der Waals surface area contributed by atoms with Gasteiger partial charge in [-0.1, -0.05) is 0 Å². The molecule has 0 aromatic heterocycles. The Morgan fingerprint density at radius 2 is 0.923 bits per heavy atom. The molecule has 0 bridgehead atoms. The molecule has 0 spiro atoms. The van der Waals surface area contributed by atoms with E-state index in [1.807, 2.05) is 0 Å². The molecule has 0 unspecified atom stereocenters. The normalized spacial score (nSPS) is 13.4. The summed E-state index contributed by atoms with van der Waals surface area (Å²) in [6, 6.07) is 6.20. The third-order valence-electron chi connectivity index (χ3n) is 3.48. The molecule has 0 nitrogen and oxygen atoms in total. The van der Waals surface area contributed by atoms with Crippen molar-refractivity contribution in [3.05, 3.63) is 0 Å². The summed E-state index contributed by atoms with van der Waals surface area (Å²) in [5.74, 6) is 0. The number of hydrogen-bond acceptors (Lipinski definition) is 0. The summed E-state index contributed by atoms with van der Waals surface area (Å²) in [6.45, 7) is 15.1. The van der Waals surface area contributed by atoms with Gasteiger partial charge in [-0.2, -0.15) is 0 Å². The molecule has 3 heteroatoms. The zero-order valence-corrected chi connectivity index (χ0v) is 14.6. The van der Waals surface area contributed by atoms with Crippen LogP contribution in [0.3, 0.4) is 0 Å². The van der Waals surface area contributed by atoms with Crippen LogP contribution in [-0.2, 0) is 0 Å². The molecule has 0 N–H and O–H groups in total. The van der Waals surface area contributed by atoms with Gasteiger partial charge in [0.05, 0.1) is 0 Å². The Balaban J connectivity index is 4.36. The third-order valence-corrected chi connectivity index (χ3v) is 48.6. The van der Waals surface area contributed by atoms with E-state index in [9.17, 15) is 0 Å². The first-order chi connectivity index (χ1) is 5.95. The van der Waals surface area contributed by atoms with Gasteiger partial charge in [0, 0.05) is 0 Å². The van der Waals surface area contributed by atoms with E-state index in [2.05, 4.69) is 40.8 Å². The maximum absolute atomic E-state index is 2.67. The molecular formula is C10H26Si2Te. The Morgan fingerprint density at radius 3 is 1.08 bits per heavy atom. The topological polar surface area (TPSA) is 0 Å². The van der Waals surface area contributed by atoms with Crippen LogP contribution in [-0.4, -0.2) is 30.6 Å². The molecule has 0 aromatic rings. The SMILES string of the molecule is CC[Si](C)(CC)[Te][Si](C)(CC)CC. The van der Waals surface area contributed by atoms with Crippen LogP contribution in [0.5, 0.6) is 0 Å². The second-order valence-corrected chi connectivity index (χ2v) is 36.0. The fourth-order valence-electron chi connectivity index (χ4n) is 1.38. The summed E-state index contributed by atoms with van der Waals surface area (Å²) in [7, 11) is 0. The molecule has 0 amide bonds. The average Bonchev–Trinajstić information content (AvgIpc) is 2.17. The second-order valence-electron chi connectivity index (χ2n) is 4.42. The van der Waals surface area contributed by atoms with Gasteiger partial charge in [-0.15, -0.1) is 0 Å². The van der Waals surface area contributed by atoms with Crippen LogP contribution >= 0.6 is 0 Å². The van der Waals surface area contributed by atoms with Gasteiger partial charge in [-0.25, -0.2) is 0 Å². The van der Waals surface area contributed by atoms with Crippen molar-refractivity contribution in [3.63, 3.8) is 0 Å². The van der Waals surface area contributed by atoms with Crippen molar-refractivity contribution in [2.75, 3.05) is 0 Å². The van der Waals surface area contributed by atoms with Crippen LogP contribution in [0.25, 0.3) is 0 Å². The van der Waals surface area contributed by atoms with Crippen molar-refractivity contribution in [2.24, 2.45) is 0 Å². The molecule has 13 heavy (non-hydrogen) atoms. The first-order valence-corrected chi connectivity index (χ1v) is 18.3. The zero-order chi connectivity index (χ0) is 10.5. The minimum absolute atomic E-state index is 0.410. The van der Waals surface area contributed by atoms with Crippen LogP contribution in [0.1, 0.15) is 27.7 Å². The Labute approximate surface area is 95.2 Å². The summed E-state index contributed by atoms with van der Waals surface area (Å²) in [5, 5.41) is 0. The number of rotatable bonds is 6. The minimum atomic E-state index is -0.683. The Morgan fingerprint density at radius 1 is 0.692 bits per heavy atom. The predicted molar refractivity (Wildman–Crippen MR) is 70.9 cm³/mol. The summed E-state index contributed by atoms with van der Waals surface area (Å²) in [4.78, 5) is 0. The van der Waals surface area contributed by atoms with Gasteiger partial charge in [0.15, 0.2) is 0 Å². The first kappa shape index (κ1) is 14.2. The molecule has 80 valence electrons. The van der Waals surface area contributed by atoms with Gasteiger partial charge in [-0.3, -0.25) is 0 Å². The molecule has 0 atom stereocenters. The average molecular weight is 330 g/mol. The van der Waals surface area contributed by atoms with Crippen molar-refractivity contribution in [1.82, 2.24) is 0 Å². The summed E-state index contributed by atoms with van der Waals surface area (Å²) >= 11 is 0.410. The van der Waals surface area contributed by atoms with E-state index < -0.39 is 11.2 Å². The van der Waals surface area contributed by atoms with Crippen molar-refractivity contribution < 1.29 is 0 Å². The van der Waals surface area contributed by atoms with Crippen molar-refractivity contribution in [3.8, 4) is 0 Å². The predicted octanol–water partition coefficient (Wildman–Crippen LogP) is 3.92. The van der Waals surface area contributed by atoms with E-state index in [0.717, 1.165) is 0 Å². The molecule has 0 saturated heterocycles. The van der Waals surface area contributed by atoms with Gasteiger partial charge >= 0.3 is 95.6 Å². The summed E-state index contributed by atoms with van der Waals surface area (Å²) in [5.41, 5.74) is -1.37. The number of hydrogen-bond donors (Lipinski definition) is 0. The van der Waals surface area contributed by atoms with E-state index in [1.54, 1.807) is 24.2 Å². The fraction of sp³-hybridized carbons (Fsp3) is 1.00. The molecule has 0 rings (SSSR count). The quantitative estimate of drug-likeness (QED) is 0.648. The Bertz CT molecular complexity index is 124. The van der Waals surface area contributed by atoms with Crippen molar-refractivity contribution in [1.29, 1.82) is 0 Å². The molecule has 0 aliphatic carbocycles. The monoisotopic (exact) mass is 332 g/mol. The summed E-state index contributed by atoms with van der Waals surface area (Å²) in [6.07, 6.45) is 0. The second kappa shape index (κ2) is 5.95. The van der Waals surface area contributed by atoms with E-state index in [1.165, 1.54) is 0 Å². The molecule has 0 aliphatic heterocycles. The van der Waals surface area contributed by atoms with Crippen LogP contribution in [0.4, 0.5) is 0 Å². The van der Waals surface area contributed by atoms with E-state index >= 15 is 0 Å². The van der Waals surface area contributed by atoms with Gasteiger partial charge in [0.2, 0.25) is 0 Å². The molecule has 0 aliphatic rings. The molecular weight excluding hydrogens is 304 g/mol. The van der Waals surface area contributed by atoms with Crippen molar-refractivity contribution in [2.45, 2.75) is 65.0 Å². The zero-order valence-electron chi connectivity index (χ0n) is 10.2.